The third kappa shape index (κ3) is 3.11. The van der Waals surface area contributed by atoms with Crippen LogP contribution in [0.4, 0.5) is 5.69 Å². The van der Waals surface area contributed by atoms with Crippen molar-refractivity contribution < 1.29 is 19.1 Å². The predicted molar refractivity (Wildman–Crippen MR) is 103 cm³/mol. The summed E-state index contributed by atoms with van der Waals surface area (Å²) in [6, 6.07) is 5.44. The number of amides is 2. The molecular formula is C16H13BrN2O4S2. The average molecular weight is 441 g/mol. The Morgan fingerprint density at radius 3 is 2.72 bits per heavy atom. The highest BCUT2D eigenvalue weighted by molar-refractivity contribution is 9.10. The highest BCUT2D eigenvalue weighted by atomic mass is 79.9. The molecule has 1 aromatic carbocycles. The van der Waals surface area contributed by atoms with Gasteiger partial charge in [-0.05, 0) is 25.1 Å². The molecule has 2 aliphatic heterocycles. The molecule has 2 heterocycles. The number of halogens is 1. The van der Waals surface area contributed by atoms with E-state index in [4.69, 9.17) is 17.0 Å². The average Bonchev–Trinajstić information content (AvgIpc) is 2.96. The lowest BCUT2D eigenvalue weighted by Gasteiger charge is -2.13. The molecule has 2 aliphatic rings. The number of fused-ring (bicyclic) bond motifs is 1. The van der Waals surface area contributed by atoms with Crippen LogP contribution in [0.1, 0.15) is 12.5 Å². The number of thiocarbonyl (C=S) groups is 1. The van der Waals surface area contributed by atoms with Gasteiger partial charge in [-0.15, -0.1) is 0 Å². The molecule has 0 radical (unpaired) electrons. The SMILES string of the molecule is CCOC(=O)CN1C(=O)C(=C2C(=O)N(C)c3ccc(Br)cc32)SC1=S. The summed E-state index contributed by atoms with van der Waals surface area (Å²) in [7, 11) is 1.65. The lowest BCUT2D eigenvalue weighted by Crippen LogP contribution is -2.34. The largest absolute Gasteiger partial charge is 0.465 e. The molecule has 2 amide bonds. The Balaban J connectivity index is 2.03. The molecule has 0 bridgehead atoms. The zero-order valence-electron chi connectivity index (χ0n) is 13.4. The van der Waals surface area contributed by atoms with E-state index < -0.39 is 11.9 Å². The van der Waals surface area contributed by atoms with Gasteiger partial charge in [0, 0.05) is 17.1 Å². The Labute approximate surface area is 162 Å². The number of nitrogens with zero attached hydrogens (tertiary/aromatic N) is 2. The van der Waals surface area contributed by atoms with Crippen LogP contribution in [0.2, 0.25) is 0 Å². The first-order chi connectivity index (χ1) is 11.8. The molecule has 25 heavy (non-hydrogen) atoms. The number of ether oxygens (including phenoxy) is 1. The van der Waals surface area contributed by atoms with Crippen molar-refractivity contribution in [1.82, 2.24) is 4.90 Å². The molecule has 130 valence electrons. The van der Waals surface area contributed by atoms with Crippen LogP contribution >= 0.6 is 39.9 Å². The number of carbonyl (C=O) groups is 3. The van der Waals surface area contributed by atoms with Gasteiger partial charge in [-0.2, -0.15) is 0 Å². The standard InChI is InChI=1S/C16H13BrN2O4S2/c1-3-23-11(20)7-19-15(22)13(25-16(19)24)12-9-6-8(17)4-5-10(9)18(2)14(12)21/h4-6H,3,7H2,1-2H3. The van der Waals surface area contributed by atoms with Crippen LogP contribution in [0.15, 0.2) is 27.6 Å². The molecular weight excluding hydrogens is 428 g/mol. The van der Waals surface area contributed by atoms with Gasteiger partial charge in [-0.25, -0.2) is 0 Å². The molecule has 1 saturated heterocycles. The monoisotopic (exact) mass is 440 g/mol. The third-order valence-electron chi connectivity index (χ3n) is 3.78. The quantitative estimate of drug-likeness (QED) is 0.408. The normalized spacial score (nSPS) is 19.7. The van der Waals surface area contributed by atoms with Crippen molar-refractivity contribution in [3.63, 3.8) is 0 Å². The first-order valence-corrected chi connectivity index (χ1v) is 9.38. The van der Waals surface area contributed by atoms with E-state index in [0.29, 0.717) is 11.1 Å². The summed E-state index contributed by atoms with van der Waals surface area (Å²) in [6.45, 7) is 1.65. The van der Waals surface area contributed by atoms with Crippen molar-refractivity contribution in [3.8, 4) is 0 Å². The van der Waals surface area contributed by atoms with Crippen LogP contribution < -0.4 is 4.90 Å². The third-order valence-corrected chi connectivity index (χ3v) is 5.72. The number of carbonyl (C=O) groups excluding carboxylic acids is 3. The van der Waals surface area contributed by atoms with Crippen molar-refractivity contribution in [2.45, 2.75) is 6.92 Å². The summed E-state index contributed by atoms with van der Waals surface area (Å²) in [5.74, 6) is -1.26. The first-order valence-electron chi connectivity index (χ1n) is 7.36. The molecule has 0 atom stereocenters. The van der Waals surface area contributed by atoms with E-state index in [2.05, 4.69) is 15.9 Å². The van der Waals surface area contributed by atoms with Gasteiger partial charge in [0.05, 0.1) is 22.8 Å². The summed E-state index contributed by atoms with van der Waals surface area (Å²) in [4.78, 5) is 40.0. The summed E-state index contributed by atoms with van der Waals surface area (Å²) < 4.78 is 5.91. The molecule has 0 N–H and O–H groups in total. The fourth-order valence-electron chi connectivity index (χ4n) is 2.63. The number of hydrogen-bond acceptors (Lipinski definition) is 6. The fraction of sp³-hybridized carbons (Fsp3) is 0.250. The van der Waals surface area contributed by atoms with Crippen LogP contribution in [-0.4, -0.2) is 47.2 Å². The molecule has 1 aromatic rings. The van der Waals surface area contributed by atoms with Gasteiger partial charge in [0.15, 0.2) is 0 Å². The second kappa shape index (κ2) is 6.89. The molecule has 6 nitrogen and oxygen atoms in total. The van der Waals surface area contributed by atoms with Crippen molar-refractivity contribution in [2.75, 3.05) is 25.1 Å². The van der Waals surface area contributed by atoms with E-state index in [9.17, 15) is 14.4 Å². The maximum Gasteiger partial charge on any atom is 0.326 e. The number of likely N-dealkylation sites (N-methyl/N-ethyl adjacent to an activating group) is 1. The smallest absolute Gasteiger partial charge is 0.326 e. The van der Waals surface area contributed by atoms with Crippen LogP contribution in [0, 0.1) is 0 Å². The van der Waals surface area contributed by atoms with Gasteiger partial charge in [0.1, 0.15) is 10.9 Å². The molecule has 0 aromatic heterocycles. The Kier molecular flexibility index (Phi) is 4.99. The number of esters is 1. The van der Waals surface area contributed by atoms with Crippen LogP contribution in [0.25, 0.3) is 5.57 Å². The minimum Gasteiger partial charge on any atom is -0.465 e. The zero-order valence-corrected chi connectivity index (χ0v) is 16.6. The Morgan fingerprint density at radius 1 is 1.32 bits per heavy atom. The van der Waals surface area contributed by atoms with Gasteiger partial charge in [0.25, 0.3) is 11.8 Å². The minimum absolute atomic E-state index is 0.222. The van der Waals surface area contributed by atoms with Gasteiger partial charge < -0.3 is 9.64 Å². The van der Waals surface area contributed by atoms with E-state index in [0.717, 1.165) is 21.9 Å². The minimum atomic E-state index is -0.539. The second-order valence-corrected chi connectivity index (χ2v) is 7.85. The number of rotatable bonds is 3. The number of anilines is 1. The van der Waals surface area contributed by atoms with E-state index in [-0.39, 0.29) is 28.3 Å². The molecule has 0 spiro atoms. The molecule has 0 unspecified atom stereocenters. The maximum atomic E-state index is 12.8. The van der Waals surface area contributed by atoms with Crippen molar-refractivity contribution in [1.29, 1.82) is 0 Å². The summed E-state index contributed by atoms with van der Waals surface area (Å²) >= 11 is 9.64. The Hall–Kier alpha value is -1.71. The van der Waals surface area contributed by atoms with E-state index in [1.807, 2.05) is 12.1 Å². The fourth-order valence-corrected chi connectivity index (χ4v) is 4.32. The number of hydrogen-bond donors (Lipinski definition) is 0. The molecule has 9 heteroatoms. The van der Waals surface area contributed by atoms with E-state index >= 15 is 0 Å². The first kappa shape index (κ1) is 18.1. The van der Waals surface area contributed by atoms with Crippen molar-refractivity contribution in [3.05, 3.63) is 33.1 Å². The van der Waals surface area contributed by atoms with Crippen molar-refractivity contribution >= 4 is 73.3 Å². The lowest BCUT2D eigenvalue weighted by atomic mass is 10.1. The van der Waals surface area contributed by atoms with Gasteiger partial charge in [0.2, 0.25) is 0 Å². The zero-order chi connectivity index (χ0) is 18.3. The molecule has 0 saturated carbocycles. The van der Waals surface area contributed by atoms with Crippen molar-refractivity contribution in [2.24, 2.45) is 0 Å². The summed E-state index contributed by atoms with van der Waals surface area (Å²) in [5.41, 5.74) is 1.69. The molecule has 0 aliphatic carbocycles. The molecule has 3 rings (SSSR count). The van der Waals surface area contributed by atoms with Gasteiger partial charge >= 0.3 is 5.97 Å². The highest BCUT2D eigenvalue weighted by Gasteiger charge is 2.41. The highest BCUT2D eigenvalue weighted by Crippen LogP contribution is 2.44. The van der Waals surface area contributed by atoms with Gasteiger partial charge in [-0.3, -0.25) is 19.3 Å². The lowest BCUT2D eigenvalue weighted by molar-refractivity contribution is -0.145. The summed E-state index contributed by atoms with van der Waals surface area (Å²) in [5, 5.41) is 0. The topological polar surface area (TPSA) is 66.9 Å². The molecule has 1 fully saturated rings. The second-order valence-electron chi connectivity index (χ2n) is 5.29. The van der Waals surface area contributed by atoms with E-state index in [1.54, 1.807) is 20.0 Å². The number of thioether (sulfide) groups is 1. The Bertz CT molecular complexity index is 853. The van der Waals surface area contributed by atoms with Crippen LogP contribution in [-0.2, 0) is 19.1 Å². The Morgan fingerprint density at radius 2 is 2.04 bits per heavy atom. The van der Waals surface area contributed by atoms with E-state index in [1.165, 1.54) is 9.80 Å². The van der Waals surface area contributed by atoms with Crippen LogP contribution in [0.3, 0.4) is 0 Å². The van der Waals surface area contributed by atoms with Crippen LogP contribution in [0.5, 0.6) is 0 Å². The predicted octanol–water partition coefficient (Wildman–Crippen LogP) is 2.56. The van der Waals surface area contributed by atoms with Gasteiger partial charge in [-0.1, -0.05) is 39.9 Å². The maximum absolute atomic E-state index is 12.8. The summed E-state index contributed by atoms with van der Waals surface area (Å²) in [6.07, 6.45) is 0. The number of benzene rings is 1.